The average molecular weight is 1350 g/mol. The molecule has 512 valence electrons. The zero-order chi connectivity index (χ0) is 68.1. The summed E-state index contributed by atoms with van der Waals surface area (Å²) in [5.74, 6) is -7.83. The number of H-pyrrole nitrogens is 2. The molecular formula is C67H87F2N13O11S2. The smallest absolute Gasteiger partial charge is 0.243 e. The number of rotatable bonds is 13. The average Bonchev–Trinajstić information content (AvgIpc) is 1.71. The minimum absolute atomic E-state index is 0.0562. The summed E-state index contributed by atoms with van der Waals surface area (Å²) >= 11 is 2.83. The number of nitrogens with two attached hydrogens (primary N) is 2. The van der Waals surface area contributed by atoms with E-state index >= 15 is 9.18 Å². The molecule has 9 amide bonds. The van der Waals surface area contributed by atoms with E-state index in [1.54, 1.807) is 6.20 Å². The Morgan fingerprint density at radius 3 is 2.13 bits per heavy atom. The Balaban J connectivity index is 1.08. The molecule has 3 heterocycles. The number of primary amides is 1. The van der Waals surface area contributed by atoms with Crippen LogP contribution in [-0.4, -0.2) is 152 Å². The van der Waals surface area contributed by atoms with E-state index in [0.717, 1.165) is 17.5 Å². The van der Waals surface area contributed by atoms with Crippen LogP contribution in [-0.2, 0) is 78.7 Å². The fourth-order valence-electron chi connectivity index (χ4n) is 12.6. The molecule has 4 unspecified atom stereocenters. The number of carbonyl (C=O) groups is 10. The number of imidazole rings is 1. The van der Waals surface area contributed by atoms with Crippen LogP contribution in [0, 0.1) is 29.5 Å². The number of unbranched alkanes of at least 4 members (excludes halogenated alkanes) is 1. The molecule has 28 heteroatoms. The predicted octanol–water partition coefficient (Wildman–Crippen LogP) is 3.63. The molecular weight excluding hydrogens is 1260 g/mol. The molecule has 15 N–H and O–H groups in total. The minimum Gasteiger partial charge on any atom is -0.508 e. The number of phenols is 1. The first-order chi connectivity index (χ1) is 45.6. The van der Waals surface area contributed by atoms with Crippen molar-refractivity contribution >= 4 is 93.4 Å². The Morgan fingerprint density at radius 1 is 0.695 bits per heavy atom. The maximum Gasteiger partial charge on any atom is 0.243 e. The van der Waals surface area contributed by atoms with Gasteiger partial charge in [0.05, 0.1) is 18.9 Å². The molecule has 3 aromatic carbocycles. The first-order valence-corrected chi connectivity index (χ1v) is 34.7. The number of hydrogen-bond acceptors (Lipinski definition) is 15. The molecule has 12 atom stereocenters. The molecule has 0 spiro atoms. The van der Waals surface area contributed by atoms with Crippen molar-refractivity contribution in [1.29, 1.82) is 0 Å². The summed E-state index contributed by atoms with van der Waals surface area (Å²) in [4.78, 5) is 151. The van der Waals surface area contributed by atoms with E-state index in [2.05, 4.69) is 57.5 Å². The van der Waals surface area contributed by atoms with Gasteiger partial charge in [0.1, 0.15) is 54.0 Å². The number of aromatic amines is 2. The van der Waals surface area contributed by atoms with Gasteiger partial charge in [-0.2, -0.15) is 23.5 Å². The number of benzene rings is 3. The van der Waals surface area contributed by atoms with Crippen LogP contribution < -0.4 is 54.0 Å². The Kier molecular flexibility index (Phi) is 27.0. The molecule has 24 nitrogen and oxygen atoms in total. The van der Waals surface area contributed by atoms with Gasteiger partial charge in [0, 0.05) is 90.0 Å². The van der Waals surface area contributed by atoms with Gasteiger partial charge in [-0.1, -0.05) is 43.3 Å². The fourth-order valence-corrected chi connectivity index (χ4v) is 14.5. The largest absolute Gasteiger partial charge is 0.508 e. The van der Waals surface area contributed by atoms with Gasteiger partial charge in [-0.3, -0.25) is 47.9 Å². The van der Waals surface area contributed by atoms with Crippen LogP contribution in [0.5, 0.6) is 5.75 Å². The van der Waals surface area contributed by atoms with E-state index in [9.17, 15) is 52.6 Å². The van der Waals surface area contributed by atoms with Gasteiger partial charge in [0.2, 0.25) is 53.2 Å². The number of ketones is 1. The number of aromatic nitrogens is 3. The fraction of sp³-hybridized carbons (Fsp3) is 0.507. The summed E-state index contributed by atoms with van der Waals surface area (Å²) in [5.41, 5.74) is 15.2. The Bertz CT molecular complexity index is 3490. The summed E-state index contributed by atoms with van der Waals surface area (Å²) in [7, 11) is 0. The summed E-state index contributed by atoms with van der Waals surface area (Å²) in [6.07, 6.45) is 6.39. The zero-order valence-electron chi connectivity index (χ0n) is 53.4. The van der Waals surface area contributed by atoms with Gasteiger partial charge in [0.25, 0.3) is 0 Å². The quantitative estimate of drug-likeness (QED) is 0.0749. The van der Waals surface area contributed by atoms with E-state index < -0.39 is 132 Å². The number of halogens is 2. The predicted molar refractivity (Wildman–Crippen MR) is 356 cm³/mol. The lowest BCUT2D eigenvalue weighted by Gasteiger charge is -2.33. The number of phenolic OH excluding ortho intramolecular Hbond substituents is 1. The Labute approximate surface area is 558 Å². The van der Waals surface area contributed by atoms with Gasteiger partial charge >= 0.3 is 0 Å². The second kappa shape index (κ2) is 35.4. The monoisotopic (exact) mass is 1350 g/mol. The number of amides is 9. The van der Waals surface area contributed by atoms with Crippen molar-refractivity contribution in [1.82, 2.24) is 57.5 Å². The molecule has 2 aliphatic carbocycles. The number of aromatic hydroxyl groups is 1. The maximum atomic E-state index is 15.1. The normalized spacial score (nSPS) is 26.7. The van der Waals surface area contributed by atoms with Crippen molar-refractivity contribution in [2.24, 2.45) is 35.1 Å². The highest BCUT2D eigenvalue weighted by atomic mass is 32.2. The number of thioether (sulfide) groups is 2. The molecule has 2 aromatic heterocycles. The Hall–Kier alpha value is -8.37. The summed E-state index contributed by atoms with van der Waals surface area (Å²) in [6.45, 7) is 2.56. The first-order valence-electron chi connectivity index (χ1n) is 32.4. The van der Waals surface area contributed by atoms with Crippen LogP contribution >= 0.6 is 23.5 Å². The second-order valence-electron chi connectivity index (χ2n) is 25.1. The van der Waals surface area contributed by atoms with Crippen LogP contribution in [0.25, 0.3) is 10.9 Å². The van der Waals surface area contributed by atoms with Crippen molar-refractivity contribution in [3.63, 3.8) is 0 Å². The van der Waals surface area contributed by atoms with Crippen molar-refractivity contribution in [3.8, 4) is 5.75 Å². The van der Waals surface area contributed by atoms with E-state index in [-0.39, 0.29) is 74.2 Å². The number of Topliss-reactive ketones (excluding diaryl/α,β-unsaturated/α-hetero) is 1. The standard InChI is InChI=1S/C67H87F2N13O11S2/c1-37-22-58(84)53(26-44-30-73-51-18-15-46(69)28-50(44)51)79-66(92)55(25-43-12-11-42-13-14-45(68)27-49(42)43)78-60(86)32-74-64(90)52(8-3-4-20-70)77-59(85)19-21-94-33-40-6-5-7-41(23-40)34-95-35-57(61(71)87)82-63(89)38(2)76-65(91)54(24-39-9-16-48(83)17-10-39)81-67(93)56(80-62(37)88)29-47-31-72-36-75-47/h5-7,9-10,15-18,23,28,30-31,36-38,42-43,45,49,52-57,73,83H,3-4,8,11-14,19-22,24-27,29,32-35,70H2,1-2H3,(H2,71,87)(H,72,75)(H,74,90)(H,76,91)(H,77,85)(H,78,86)(H,79,92)(H,80,88)(H,81,93)(H,82,89)/t37-,38+,42?,43?,45?,49?,52+,53+,54+,55+,56+,57+/m1/s1. The molecule has 1 aliphatic heterocycles. The van der Waals surface area contributed by atoms with Gasteiger partial charge in [-0.25, -0.2) is 13.8 Å². The van der Waals surface area contributed by atoms with Crippen molar-refractivity contribution in [2.45, 2.75) is 164 Å². The maximum absolute atomic E-state index is 15.1. The highest BCUT2D eigenvalue weighted by molar-refractivity contribution is 7.98. The Morgan fingerprint density at radius 2 is 1.39 bits per heavy atom. The zero-order valence-corrected chi connectivity index (χ0v) is 55.0. The minimum atomic E-state index is -1.44. The van der Waals surface area contributed by atoms with Gasteiger partial charge in [-0.05, 0) is 142 Å². The topological polar surface area (TPSA) is 384 Å². The molecule has 3 aliphatic rings. The van der Waals surface area contributed by atoms with Crippen LogP contribution in [0.3, 0.4) is 0 Å². The molecule has 95 heavy (non-hydrogen) atoms. The third-order valence-corrected chi connectivity index (χ3v) is 20.0. The molecule has 2 saturated carbocycles. The lowest BCUT2D eigenvalue weighted by atomic mass is 9.75. The molecule has 2 bridgehead atoms. The van der Waals surface area contributed by atoms with Gasteiger partial charge in [0.15, 0.2) is 5.78 Å². The lowest BCUT2D eigenvalue weighted by Crippen LogP contribution is -2.58. The van der Waals surface area contributed by atoms with Gasteiger partial charge in [-0.15, -0.1) is 0 Å². The molecule has 0 radical (unpaired) electrons. The third kappa shape index (κ3) is 21.8. The van der Waals surface area contributed by atoms with Crippen LogP contribution in [0.2, 0.25) is 0 Å². The van der Waals surface area contributed by atoms with E-state index in [0.29, 0.717) is 83.6 Å². The molecule has 5 aromatic rings. The summed E-state index contributed by atoms with van der Waals surface area (Å²) in [6, 6.07) is 8.48. The van der Waals surface area contributed by atoms with Crippen molar-refractivity contribution in [3.05, 3.63) is 119 Å². The van der Waals surface area contributed by atoms with Crippen molar-refractivity contribution < 1.29 is 61.8 Å². The number of fused-ring (bicyclic) bond motifs is 4. The number of carbonyl (C=O) groups excluding carboxylic acids is 10. The second-order valence-corrected chi connectivity index (χ2v) is 27.2. The van der Waals surface area contributed by atoms with E-state index in [4.69, 9.17) is 11.5 Å². The number of hydrogen-bond donors (Lipinski definition) is 13. The van der Waals surface area contributed by atoms with E-state index in [1.165, 1.54) is 92.4 Å². The van der Waals surface area contributed by atoms with E-state index in [1.807, 2.05) is 24.3 Å². The third-order valence-electron chi connectivity index (χ3n) is 17.8. The number of nitrogens with zero attached hydrogens (tertiary/aromatic N) is 1. The molecule has 0 saturated heterocycles. The summed E-state index contributed by atoms with van der Waals surface area (Å²) < 4.78 is 30.0. The SMILES string of the molecule is C[C@@H]1CC(=O)[C@H](Cc2c[nH]c3ccc(F)cc23)NC(=O)[C@H](CC2CCC3CCC(F)CC32)NC(=O)CNC(=O)[C@H](CCCCN)NC(=O)CCSCc2cccc(c2)CSC[C@@H](C(N)=O)NC(=O)[C@H](C)NC(=O)[C@H](Cc2ccc(O)cc2)NC(=O)[C@H](Cc2cnc[nH]2)NC1=O. The first kappa shape index (κ1) is 72.5. The molecule has 2 fully saturated rings. The lowest BCUT2D eigenvalue weighted by molar-refractivity contribution is -0.135. The van der Waals surface area contributed by atoms with Crippen LogP contribution in [0.15, 0.2) is 85.5 Å². The number of alkyl halides is 1. The van der Waals surface area contributed by atoms with Crippen molar-refractivity contribution in [2.75, 3.05) is 24.6 Å². The highest BCUT2D eigenvalue weighted by Crippen LogP contribution is 2.48. The van der Waals surface area contributed by atoms with Gasteiger partial charge < -0.3 is 69.1 Å². The van der Waals surface area contributed by atoms with Crippen LogP contribution in [0.4, 0.5) is 8.78 Å². The highest BCUT2D eigenvalue weighted by Gasteiger charge is 2.43. The molecule has 8 rings (SSSR count). The van der Waals surface area contributed by atoms with Crippen LogP contribution in [0.1, 0.15) is 112 Å². The number of nitrogens with one attached hydrogen (secondary N) is 10. The summed E-state index contributed by atoms with van der Waals surface area (Å²) in [5, 5.41) is 32.3.